The summed E-state index contributed by atoms with van der Waals surface area (Å²) in [6.45, 7) is 2.72. The van der Waals surface area contributed by atoms with Crippen molar-refractivity contribution in [2.75, 3.05) is 11.9 Å². The molecular weight excluding hydrogens is 366 g/mol. The summed E-state index contributed by atoms with van der Waals surface area (Å²) in [5, 5.41) is 9.26. The molecule has 30 heavy (non-hydrogen) atoms. The van der Waals surface area contributed by atoms with Crippen LogP contribution in [0.4, 0.5) is 5.69 Å². The Morgan fingerprint density at radius 3 is 2.37 bits per heavy atom. The third-order valence-electron chi connectivity index (χ3n) is 6.78. The molecule has 148 valence electrons. The van der Waals surface area contributed by atoms with E-state index < -0.39 is 0 Å². The van der Waals surface area contributed by atoms with Crippen LogP contribution in [-0.2, 0) is 0 Å². The number of allylic oxidation sites excluding steroid dienone is 2. The van der Waals surface area contributed by atoms with Gasteiger partial charge in [-0.1, -0.05) is 72.8 Å². The van der Waals surface area contributed by atoms with E-state index in [1.54, 1.807) is 0 Å². The molecule has 1 aliphatic heterocycles. The molecular formula is C28H25NO. The van der Waals surface area contributed by atoms with E-state index >= 15 is 0 Å². The van der Waals surface area contributed by atoms with Crippen molar-refractivity contribution < 1.29 is 4.74 Å². The Balaban J connectivity index is 1.62. The molecule has 2 nitrogen and oxygen atoms in total. The minimum absolute atomic E-state index is 0.232. The fourth-order valence-corrected chi connectivity index (χ4v) is 5.54. The second-order valence-electron chi connectivity index (χ2n) is 8.36. The molecule has 0 aromatic heterocycles. The summed E-state index contributed by atoms with van der Waals surface area (Å²) in [4.78, 5) is 0. The van der Waals surface area contributed by atoms with Gasteiger partial charge in [-0.2, -0.15) is 0 Å². The molecule has 1 N–H and O–H groups in total. The van der Waals surface area contributed by atoms with E-state index in [0.29, 0.717) is 18.4 Å². The van der Waals surface area contributed by atoms with Crippen molar-refractivity contribution in [3.05, 3.63) is 96.1 Å². The first kappa shape index (κ1) is 17.6. The summed E-state index contributed by atoms with van der Waals surface area (Å²) in [7, 11) is 0. The molecule has 0 fully saturated rings. The maximum absolute atomic E-state index is 6.03. The zero-order valence-electron chi connectivity index (χ0n) is 17.1. The number of ether oxygens (including phenoxy) is 1. The summed E-state index contributed by atoms with van der Waals surface area (Å²) in [6.07, 6.45) is 5.86. The highest BCUT2D eigenvalue weighted by Crippen LogP contribution is 2.53. The first-order valence-corrected chi connectivity index (χ1v) is 10.9. The smallest absolute Gasteiger partial charge is 0.142 e. The van der Waals surface area contributed by atoms with Crippen LogP contribution in [0.5, 0.6) is 5.75 Å². The van der Waals surface area contributed by atoms with Crippen LogP contribution in [0.1, 0.15) is 36.4 Å². The van der Waals surface area contributed by atoms with Gasteiger partial charge in [-0.05, 0) is 64.1 Å². The number of anilines is 1. The zero-order valence-corrected chi connectivity index (χ0v) is 17.1. The van der Waals surface area contributed by atoms with Gasteiger partial charge in [0.1, 0.15) is 5.75 Å². The monoisotopic (exact) mass is 391 g/mol. The normalized spacial score (nSPS) is 22.0. The Bertz CT molecular complexity index is 1230. The molecule has 0 radical (unpaired) electrons. The Kier molecular flexibility index (Phi) is 4.05. The Hall–Kier alpha value is -3.26. The maximum atomic E-state index is 6.03. The lowest BCUT2D eigenvalue weighted by Crippen LogP contribution is -2.29. The lowest BCUT2D eigenvalue weighted by molar-refractivity contribution is 0.337. The van der Waals surface area contributed by atoms with Gasteiger partial charge in [-0.15, -0.1) is 0 Å². The summed E-state index contributed by atoms with van der Waals surface area (Å²) in [5.74, 6) is 1.89. The lowest BCUT2D eigenvalue weighted by Gasteiger charge is -2.39. The first-order chi connectivity index (χ1) is 14.8. The first-order valence-electron chi connectivity index (χ1n) is 10.9. The van der Waals surface area contributed by atoms with E-state index in [-0.39, 0.29) is 6.04 Å². The topological polar surface area (TPSA) is 21.3 Å². The summed E-state index contributed by atoms with van der Waals surface area (Å²) in [5.41, 5.74) is 3.94. The summed E-state index contributed by atoms with van der Waals surface area (Å²) >= 11 is 0. The number of benzene rings is 4. The van der Waals surface area contributed by atoms with Gasteiger partial charge in [-0.25, -0.2) is 0 Å². The van der Waals surface area contributed by atoms with Gasteiger partial charge in [0.25, 0.3) is 0 Å². The highest BCUT2D eigenvalue weighted by atomic mass is 16.5. The van der Waals surface area contributed by atoms with E-state index in [4.69, 9.17) is 4.74 Å². The van der Waals surface area contributed by atoms with Gasteiger partial charge in [0, 0.05) is 5.92 Å². The van der Waals surface area contributed by atoms with Crippen molar-refractivity contribution in [2.24, 2.45) is 5.92 Å². The van der Waals surface area contributed by atoms with Crippen molar-refractivity contribution >= 4 is 27.2 Å². The van der Waals surface area contributed by atoms with Crippen molar-refractivity contribution in [1.29, 1.82) is 0 Å². The molecule has 1 heterocycles. The molecule has 2 heteroatoms. The number of hydrogen-bond acceptors (Lipinski definition) is 2. The Morgan fingerprint density at radius 1 is 0.900 bits per heavy atom. The van der Waals surface area contributed by atoms with E-state index in [0.717, 1.165) is 17.9 Å². The Labute approximate surface area is 177 Å². The molecule has 0 spiro atoms. The van der Waals surface area contributed by atoms with Crippen molar-refractivity contribution in [1.82, 2.24) is 0 Å². The highest BCUT2D eigenvalue weighted by molar-refractivity contribution is 6.03. The standard InChI is InChI=1S/C28H25NO/c1-2-30-25-16-8-15-23-22-13-7-14-24(22)28(29-27(23)25)26-20-11-5-3-9-18(20)17-19-10-4-6-12-21(19)26/h3-13,15-17,22,24,28-29H,2,14H2,1H3/t22-,24-,28+/m0/s1. The van der Waals surface area contributed by atoms with E-state index in [1.165, 1.54) is 32.7 Å². The molecule has 2 aliphatic rings. The minimum atomic E-state index is 0.232. The third kappa shape index (κ3) is 2.56. The van der Waals surface area contributed by atoms with Crippen LogP contribution < -0.4 is 10.1 Å². The predicted octanol–water partition coefficient (Wildman–Crippen LogP) is 7.22. The SMILES string of the molecule is CCOc1cccc2c1N[C@@H](c1c3ccccc3cc3ccccc13)[C@H]1CC=C[C@@H]21. The van der Waals surface area contributed by atoms with Gasteiger partial charge >= 0.3 is 0 Å². The van der Waals surface area contributed by atoms with E-state index in [2.05, 4.69) is 97.2 Å². The van der Waals surface area contributed by atoms with Gasteiger partial charge < -0.3 is 10.1 Å². The molecule has 6 rings (SSSR count). The molecule has 4 aromatic carbocycles. The molecule has 3 atom stereocenters. The number of para-hydroxylation sites is 1. The minimum Gasteiger partial charge on any atom is -0.492 e. The summed E-state index contributed by atoms with van der Waals surface area (Å²) < 4.78 is 6.03. The summed E-state index contributed by atoms with van der Waals surface area (Å²) in [6, 6.07) is 26.6. The second-order valence-corrected chi connectivity index (χ2v) is 8.36. The highest BCUT2D eigenvalue weighted by Gasteiger charge is 2.40. The van der Waals surface area contributed by atoms with Gasteiger partial charge in [0.05, 0.1) is 18.3 Å². The number of nitrogens with one attached hydrogen (secondary N) is 1. The average Bonchev–Trinajstić information content (AvgIpc) is 3.28. The zero-order chi connectivity index (χ0) is 20.1. The lowest BCUT2D eigenvalue weighted by atomic mass is 9.75. The molecule has 1 aliphatic carbocycles. The van der Waals surface area contributed by atoms with Gasteiger partial charge in [-0.3, -0.25) is 0 Å². The fraction of sp³-hybridized carbons (Fsp3) is 0.214. The quantitative estimate of drug-likeness (QED) is 0.294. The van der Waals surface area contributed by atoms with Crippen LogP contribution in [0.2, 0.25) is 0 Å². The number of rotatable bonds is 3. The van der Waals surface area contributed by atoms with Crippen LogP contribution in [-0.4, -0.2) is 6.61 Å². The number of fused-ring (bicyclic) bond motifs is 5. The molecule has 0 saturated carbocycles. The predicted molar refractivity (Wildman–Crippen MR) is 125 cm³/mol. The van der Waals surface area contributed by atoms with Gasteiger partial charge in [0.15, 0.2) is 0 Å². The van der Waals surface area contributed by atoms with Crippen molar-refractivity contribution in [3.63, 3.8) is 0 Å². The van der Waals surface area contributed by atoms with Crippen LogP contribution in [0.3, 0.4) is 0 Å². The Morgan fingerprint density at radius 2 is 1.63 bits per heavy atom. The van der Waals surface area contributed by atoms with Crippen LogP contribution in [0.25, 0.3) is 21.5 Å². The van der Waals surface area contributed by atoms with Crippen molar-refractivity contribution in [2.45, 2.75) is 25.3 Å². The largest absolute Gasteiger partial charge is 0.492 e. The third-order valence-corrected chi connectivity index (χ3v) is 6.78. The molecule has 0 unspecified atom stereocenters. The molecule has 0 saturated heterocycles. The van der Waals surface area contributed by atoms with Gasteiger partial charge in [0.2, 0.25) is 0 Å². The molecule has 0 bridgehead atoms. The van der Waals surface area contributed by atoms with Crippen LogP contribution in [0.15, 0.2) is 84.9 Å². The van der Waals surface area contributed by atoms with Crippen molar-refractivity contribution in [3.8, 4) is 5.75 Å². The maximum Gasteiger partial charge on any atom is 0.142 e. The molecule has 4 aromatic rings. The van der Waals surface area contributed by atoms with Crippen LogP contribution >= 0.6 is 0 Å². The fourth-order valence-electron chi connectivity index (χ4n) is 5.54. The van der Waals surface area contributed by atoms with E-state index in [9.17, 15) is 0 Å². The van der Waals surface area contributed by atoms with E-state index in [1.807, 2.05) is 0 Å². The number of hydrogen-bond donors (Lipinski definition) is 1. The second kappa shape index (κ2) is 6.91. The van der Waals surface area contributed by atoms with Crippen LogP contribution in [0, 0.1) is 5.92 Å². The average molecular weight is 392 g/mol. The molecule has 0 amide bonds.